The molecule has 26 heavy (non-hydrogen) atoms. The van der Waals surface area contributed by atoms with E-state index in [1.807, 2.05) is 0 Å². The Morgan fingerprint density at radius 1 is 0.769 bits per heavy atom. The quantitative estimate of drug-likeness (QED) is 0.437. The van der Waals surface area contributed by atoms with Gasteiger partial charge in [0.1, 0.15) is 0 Å². The molecule has 4 aromatic carbocycles. The van der Waals surface area contributed by atoms with Crippen LogP contribution in [0.2, 0.25) is 0 Å². The van der Waals surface area contributed by atoms with Crippen LogP contribution in [0.1, 0.15) is 24.5 Å². The lowest BCUT2D eigenvalue weighted by Crippen LogP contribution is -2.22. The molecule has 126 valence electrons. The highest BCUT2D eigenvalue weighted by Gasteiger charge is 2.37. The van der Waals surface area contributed by atoms with E-state index in [1.54, 1.807) is 0 Å². The molecule has 0 bridgehead atoms. The van der Waals surface area contributed by atoms with Gasteiger partial charge in [0.2, 0.25) is 0 Å². The fourth-order valence-electron chi connectivity index (χ4n) is 3.89. The van der Waals surface area contributed by atoms with Gasteiger partial charge in [-0.25, -0.2) is 0 Å². The summed E-state index contributed by atoms with van der Waals surface area (Å²) in [7, 11) is 0. The Labute approximate surface area is 152 Å². The van der Waals surface area contributed by atoms with Crippen LogP contribution in [0, 0.1) is 0 Å². The van der Waals surface area contributed by atoms with Crippen molar-refractivity contribution in [3.8, 4) is 0 Å². The highest BCUT2D eigenvalue weighted by Crippen LogP contribution is 2.39. The maximum atomic E-state index is 6.00. The molecule has 1 heterocycles. The predicted molar refractivity (Wildman–Crippen MR) is 107 cm³/mol. The zero-order valence-electron chi connectivity index (χ0n) is 14.6. The van der Waals surface area contributed by atoms with Crippen LogP contribution in [0.25, 0.3) is 21.5 Å². The lowest BCUT2D eigenvalue weighted by atomic mass is 9.86. The van der Waals surface area contributed by atoms with Crippen LogP contribution in [0.15, 0.2) is 90.1 Å². The molecule has 0 radical (unpaired) electrons. The maximum absolute atomic E-state index is 6.00. The van der Waals surface area contributed by atoms with Crippen molar-refractivity contribution in [2.45, 2.75) is 18.9 Å². The van der Waals surface area contributed by atoms with Crippen molar-refractivity contribution in [2.24, 2.45) is 5.16 Å². The summed E-state index contributed by atoms with van der Waals surface area (Å²) in [5.41, 5.74) is 2.89. The van der Waals surface area contributed by atoms with Gasteiger partial charge < -0.3 is 4.84 Å². The molecule has 1 atom stereocenters. The summed E-state index contributed by atoms with van der Waals surface area (Å²) >= 11 is 0. The molecule has 2 nitrogen and oxygen atoms in total. The summed E-state index contributed by atoms with van der Waals surface area (Å²) in [5, 5.41) is 9.40. The molecule has 0 saturated carbocycles. The number of oxime groups is 1. The fourth-order valence-corrected chi connectivity index (χ4v) is 3.89. The van der Waals surface area contributed by atoms with E-state index >= 15 is 0 Å². The first kappa shape index (κ1) is 15.2. The third-order valence-electron chi connectivity index (χ3n) is 5.30. The van der Waals surface area contributed by atoms with E-state index in [9.17, 15) is 0 Å². The van der Waals surface area contributed by atoms with Gasteiger partial charge in [0.05, 0.1) is 5.71 Å². The van der Waals surface area contributed by atoms with Gasteiger partial charge in [-0.1, -0.05) is 84.0 Å². The van der Waals surface area contributed by atoms with Gasteiger partial charge in [-0.2, -0.15) is 0 Å². The Kier molecular flexibility index (Phi) is 3.32. The van der Waals surface area contributed by atoms with Gasteiger partial charge in [0, 0.05) is 17.5 Å². The largest absolute Gasteiger partial charge is 0.384 e. The van der Waals surface area contributed by atoms with Crippen molar-refractivity contribution >= 4 is 27.3 Å². The van der Waals surface area contributed by atoms with Crippen LogP contribution in [0.5, 0.6) is 0 Å². The fraction of sp³-hybridized carbons (Fsp3) is 0.125. The van der Waals surface area contributed by atoms with Gasteiger partial charge in [0.15, 0.2) is 5.60 Å². The molecule has 0 amide bonds. The average molecular weight is 337 g/mol. The molecular weight excluding hydrogens is 318 g/mol. The molecule has 1 aliphatic heterocycles. The number of nitrogens with zero attached hydrogens (tertiary/aromatic N) is 1. The van der Waals surface area contributed by atoms with Crippen LogP contribution >= 0.6 is 0 Å². The molecule has 0 spiro atoms. The second-order valence-corrected chi connectivity index (χ2v) is 7.13. The highest BCUT2D eigenvalue weighted by atomic mass is 16.7. The number of benzene rings is 4. The SMILES string of the molecule is CC1(c2cccc3ccccc23)CC(c2ccc3ccccc3c2)=NO1. The molecule has 0 saturated heterocycles. The second kappa shape index (κ2) is 5.70. The molecule has 2 heteroatoms. The topological polar surface area (TPSA) is 21.6 Å². The van der Waals surface area contributed by atoms with Gasteiger partial charge in [-0.15, -0.1) is 0 Å². The molecule has 4 aromatic rings. The van der Waals surface area contributed by atoms with Crippen molar-refractivity contribution in [3.05, 3.63) is 96.1 Å². The van der Waals surface area contributed by atoms with Crippen LogP contribution in [0.4, 0.5) is 0 Å². The van der Waals surface area contributed by atoms with Crippen LogP contribution in [0.3, 0.4) is 0 Å². The minimum atomic E-state index is -0.443. The zero-order valence-corrected chi connectivity index (χ0v) is 14.6. The number of fused-ring (bicyclic) bond motifs is 2. The first-order valence-corrected chi connectivity index (χ1v) is 8.95. The van der Waals surface area contributed by atoms with Crippen molar-refractivity contribution in [1.82, 2.24) is 0 Å². The van der Waals surface area contributed by atoms with Gasteiger partial charge >= 0.3 is 0 Å². The summed E-state index contributed by atoms with van der Waals surface area (Å²) in [6.45, 7) is 2.13. The Bertz CT molecular complexity index is 1160. The van der Waals surface area contributed by atoms with Crippen molar-refractivity contribution in [1.29, 1.82) is 0 Å². The smallest absolute Gasteiger partial charge is 0.166 e. The molecular formula is C24H19NO. The molecule has 1 unspecified atom stereocenters. The maximum Gasteiger partial charge on any atom is 0.166 e. The Morgan fingerprint density at radius 3 is 2.38 bits per heavy atom. The van der Waals surface area contributed by atoms with Crippen molar-refractivity contribution in [2.75, 3.05) is 0 Å². The first-order valence-electron chi connectivity index (χ1n) is 8.95. The molecule has 0 aromatic heterocycles. The van der Waals surface area contributed by atoms with E-state index < -0.39 is 5.60 Å². The van der Waals surface area contributed by atoms with Crippen molar-refractivity contribution in [3.63, 3.8) is 0 Å². The van der Waals surface area contributed by atoms with Crippen LogP contribution in [-0.2, 0) is 10.4 Å². The van der Waals surface area contributed by atoms with E-state index in [0.717, 1.165) is 17.7 Å². The zero-order chi connectivity index (χ0) is 17.6. The monoisotopic (exact) mass is 337 g/mol. The van der Waals surface area contributed by atoms with E-state index in [-0.39, 0.29) is 0 Å². The third kappa shape index (κ3) is 2.38. The van der Waals surface area contributed by atoms with Crippen molar-refractivity contribution < 1.29 is 4.84 Å². The van der Waals surface area contributed by atoms with Gasteiger partial charge in [-0.3, -0.25) is 0 Å². The third-order valence-corrected chi connectivity index (χ3v) is 5.30. The van der Waals surface area contributed by atoms with Gasteiger partial charge in [-0.05, 0) is 34.5 Å². The molecule has 0 N–H and O–H groups in total. The predicted octanol–water partition coefficient (Wildman–Crippen LogP) is 6.03. The lowest BCUT2D eigenvalue weighted by Gasteiger charge is -2.23. The summed E-state index contributed by atoms with van der Waals surface area (Å²) in [6, 6.07) is 29.7. The molecule has 5 rings (SSSR count). The summed E-state index contributed by atoms with van der Waals surface area (Å²) in [5.74, 6) is 0. The number of rotatable bonds is 2. The molecule has 0 fully saturated rings. The van der Waals surface area contributed by atoms with E-state index in [2.05, 4.69) is 97.0 Å². The Morgan fingerprint density at radius 2 is 1.50 bits per heavy atom. The summed E-state index contributed by atoms with van der Waals surface area (Å²) < 4.78 is 0. The summed E-state index contributed by atoms with van der Waals surface area (Å²) in [6.07, 6.45) is 0.763. The number of hydrogen-bond acceptors (Lipinski definition) is 2. The van der Waals surface area contributed by atoms with E-state index in [0.29, 0.717) is 0 Å². The van der Waals surface area contributed by atoms with Crippen LogP contribution in [-0.4, -0.2) is 5.71 Å². The second-order valence-electron chi connectivity index (χ2n) is 7.13. The average Bonchev–Trinajstić information content (AvgIpc) is 3.10. The lowest BCUT2D eigenvalue weighted by molar-refractivity contribution is -0.00621. The molecule has 0 aliphatic carbocycles. The minimum absolute atomic E-state index is 0.443. The van der Waals surface area contributed by atoms with E-state index in [4.69, 9.17) is 4.84 Å². The normalized spacial score (nSPS) is 19.5. The molecule has 1 aliphatic rings. The van der Waals surface area contributed by atoms with Crippen LogP contribution < -0.4 is 0 Å². The minimum Gasteiger partial charge on any atom is -0.384 e. The van der Waals surface area contributed by atoms with E-state index in [1.165, 1.54) is 27.1 Å². The Balaban J connectivity index is 1.53. The summed E-state index contributed by atoms with van der Waals surface area (Å²) in [4.78, 5) is 6.00. The standard InChI is InChI=1S/C24H19NO/c1-24(22-12-6-10-18-8-4-5-11-21(18)22)16-23(25-26-24)20-14-13-17-7-2-3-9-19(17)15-20/h2-15H,16H2,1H3. The first-order chi connectivity index (χ1) is 12.7. The number of hydrogen-bond donors (Lipinski definition) is 0. The van der Waals surface area contributed by atoms with Gasteiger partial charge in [0.25, 0.3) is 0 Å². The Hall–Kier alpha value is -3.13. The highest BCUT2D eigenvalue weighted by molar-refractivity contribution is 6.04.